The number of aromatic nitrogens is 6. The molecule has 0 unspecified atom stereocenters. The van der Waals surface area contributed by atoms with Crippen molar-refractivity contribution in [3.8, 4) is 22.8 Å². The summed E-state index contributed by atoms with van der Waals surface area (Å²) in [5, 5.41) is 53.9. The molecule has 3 atom stereocenters. The molecule has 147 heavy (non-hydrogen) atoms. The zero-order valence-electron chi connectivity index (χ0n) is 85.4. The summed E-state index contributed by atoms with van der Waals surface area (Å²) >= 11 is 6.16. The normalized spacial score (nSPS) is 14.0. The van der Waals surface area contributed by atoms with Gasteiger partial charge in [-0.05, 0) is 232 Å². The van der Waals surface area contributed by atoms with E-state index in [4.69, 9.17) is 31.6 Å². The minimum absolute atomic E-state index is 0.0249. The number of benzene rings is 9. The molecule has 0 saturated heterocycles. The van der Waals surface area contributed by atoms with Gasteiger partial charge in [-0.2, -0.15) is 15.3 Å². The number of carbonyl (C=O) groups excluding carboxylic acids is 9. The summed E-state index contributed by atoms with van der Waals surface area (Å²) in [4.78, 5) is 134. The summed E-state index contributed by atoms with van der Waals surface area (Å²) in [5.41, 5.74) is 13.4. The number of rotatable bonds is 40. The average molecular weight is 2030 g/mol. The van der Waals surface area contributed by atoms with Gasteiger partial charge in [-0.25, -0.2) is 27.2 Å². The van der Waals surface area contributed by atoms with Gasteiger partial charge in [0.05, 0.1) is 98.1 Å². The Morgan fingerprint density at radius 2 is 0.687 bits per heavy atom. The molecule has 6 N–H and O–H groups in total. The number of aliphatic hydroxyl groups excluding tert-OH is 3. The van der Waals surface area contributed by atoms with E-state index in [1.165, 1.54) is 49.6 Å². The maximum atomic E-state index is 14.5. The van der Waals surface area contributed by atoms with Gasteiger partial charge in [-0.1, -0.05) is 189 Å². The van der Waals surface area contributed by atoms with Gasteiger partial charge in [0.15, 0.2) is 28.6 Å². The number of anilines is 3. The lowest BCUT2D eigenvalue weighted by Crippen LogP contribution is -2.46. The molecule has 0 aliphatic carbocycles. The zero-order chi connectivity index (χ0) is 105. The van der Waals surface area contributed by atoms with Crippen molar-refractivity contribution in [3.63, 3.8) is 0 Å². The summed E-state index contributed by atoms with van der Waals surface area (Å²) in [6.07, 6.45) is 12.2. The van der Waals surface area contributed by atoms with Crippen LogP contribution in [0.15, 0.2) is 206 Å². The van der Waals surface area contributed by atoms with Crippen molar-refractivity contribution in [2.75, 3.05) is 82.1 Å². The maximum absolute atomic E-state index is 14.5. The van der Waals surface area contributed by atoms with Crippen LogP contribution in [0.1, 0.15) is 248 Å². The minimum atomic E-state index is -0.586. The third-order valence-electron chi connectivity index (χ3n) is 26.8. The first-order valence-electron chi connectivity index (χ1n) is 50.9. The lowest BCUT2D eigenvalue weighted by atomic mass is 9.93. The third-order valence-corrected chi connectivity index (χ3v) is 27.2. The second-order valence-corrected chi connectivity index (χ2v) is 38.0. The fourth-order valence-electron chi connectivity index (χ4n) is 18.6. The molecule has 9 aromatic carbocycles. The highest BCUT2D eigenvalue weighted by Crippen LogP contribution is 2.36. The molecule has 0 radical (unpaired) electrons. The molecule has 0 spiro atoms. The molecular weight excluding hydrogens is 1890 g/mol. The Morgan fingerprint density at radius 3 is 0.993 bits per heavy atom. The smallest absolute Gasteiger partial charge is 0.274 e. The first-order valence-corrected chi connectivity index (χ1v) is 51.3. The highest BCUT2D eigenvalue weighted by atomic mass is 35.5. The second kappa shape index (κ2) is 52.6. The van der Waals surface area contributed by atoms with Gasteiger partial charge in [-0.3, -0.25) is 43.2 Å². The first-order chi connectivity index (χ1) is 71.0. The Hall–Kier alpha value is -14.4. The highest BCUT2D eigenvalue weighted by molar-refractivity contribution is 6.31. The summed E-state index contributed by atoms with van der Waals surface area (Å²) < 4.78 is 51.9. The Balaban J connectivity index is 0.000000184. The van der Waals surface area contributed by atoms with Crippen LogP contribution in [0.5, 0.6) is 5.75 Å². The Morgan fingerprint density at radius 1 is 0.374 bits per heavy atom. The van der Waals surface area contributed by atoms with Crippen LogP contribution < -0.4 is 20.7 Å². The van der Waals surface area contributed by atoms with Crippen molar-refractivity contribution in [3.05, 3.63) is 330 Å². The van der Waals surface area contributed by atoms with Crippen LogP contribution in [0.25, 0.3) is 17.1 Å². The highest BCUT2D eigenvalue weighted by Gasteiger charge is 2.38. The Labute approximate surface area is 862 Å². The van der Waals surface area contributed by atoms with E-state index in [-0.39, 0.29) is 137 Å². The molecule has 9 amide bonds. The van der Waals surface area contributed by atoms with Crippen LogP contribution in [0.3, 0.4) is 0 Å². The largest absolute Gasteiger partial charge is 0.494 e. The van der Waals surface area contributed by atoms with Crippen LogP contribution in [0, 0.1) is 38.2 Å². The fraction of sp³-hybridized carbons (Fsp3) is 0.374. The number of nitrogens with one attached hydrogen (secondary N) is 3. The molecule has 3 aliphatic rings. The van der Waals surface area contributed by atoms with Gasteiger partial charge in [0.1, 0.15) is 11.6 Å². The lowest BCUT2D eigenvalue weighted by molar-refractivity contribution is -0.116. The number of fused-ring (bicyclic) bond motifs is 3. The van der Waals surface area contributed by atoms with E-state index in [2.05, 4.69) is 57.5 Å². The van der Waals surface area contributed by atoms with Crippen molar-refractivity contribution in [1.82, 2.24) is 58.7 Å². The van der Waals surface area contributed by atoms with Gasteiger partial charge in [0.2, 0.25) is 17.7 Å². The van der Waals surface area contributed by atoms with Gasteiger partial charge in [-0.15, -0.1) is 0 Å². The molecule has 3 aromatic heterocycles. The van der Waals surface area contributed by atoms with Crippen LogP contribution in [0.4, 0.5) is 30.2 Å². The quantitative estimate of drug-likeness (QED) is 0.0208. The molecule has 0 bridgehead atoms. The molecular formula is C115H133ClF3N15O13. The van der Waals surface area contributed by atoms with E-state index >= 15 is 0 Å². The molecule has 0 fully saturated rings. The molecule has 774 valence electrons. The van der Waals surface area contributed by atoms with E-state index < -0.39 is 41.6 Å². The number of hydrogen-bond donors (Lipinski definition) is 6. The number of hydrogen-bond acceptors (Lipinski definition) is 16. The molecule has 15 rings (SSSR count). The summed E-state index contributed by atoms with van der Waals surface area (Å²) in [5.74, 6) is -4.21. The number of nitrogens with zero attached hydrogens (tertiary/aromatic N) is 12. The third kappa shape index (κ3) is 27.7. The SMILES string of the molecule is CCCCN(CCCC)C(=O)c1cc(C)n(-c2ccc(NC(=O)Cc3c(F)cccc3Cl)cc2C(=O)N2Cc3ccccc3C[C@H]2CO)n1.CCCCN(CCCC)C(=O)c1cc(C)n(-c2ccc(NC(=O)Cc3ccc(F)cc3)cc2C(=O)N2Cc3ccccc3C[C@H]2CO)n1.CCCCN(CCCC)C(=O)c1cc(C)n(-c2ccc(NC(=O)Cc3ccc(OC)c(F)c3)cc2C(=O)N2Cc3ccccc3C[C@H]2CO)n1. The molecule has 3 aliphatic heterocycles. The standard InChI is InChI=1S/C39H46FN5O5.C38H43ClFN5O4.C38H44FN5O4/c1-5-7-17-43(18-8-6-2)39(49)34-19-26(3)45(42-34)35-15-14-30(41-37(47)21-27-13-16-36(50-4)33(40)20-27)23-32(35)38(48)44-24-29-12-10-9-11-28(29)22-31(44)25-46;1-4-6-17-43(18-7-5-2)38(49)34-19-25(3)45(42-34)35-16-15-28(41-36(47)22-30-32(39)13-10-14-33(30)40)21-31(35)37(48)44-23-27-12-9-8-11-26(27)20-29(44)24-46;1-4-6-18-42(19-7-5-2)38(48)34-20-26(3)44(41-34)35-17-16-31(40-36(46)21-27-12-14-30(39)15-13-27)23-33(35)37(47)43-24-29-11-9-8-10-28(29)22-32(43)25-45/h9-16,19-20,23,31,46H,5-8,17-18,21-22,24-25H2,1-4H3,(H,41,47);8-16,19,21,29,46H,4-7,17-18,20,22-24H2,1-3H3,(H,41,47);8-17,20,23,32,45H,4-7,18-19,21-22,24-25H2,1-3H3,(H,40,46)/t31-;29-;32-/m000/s1. The number of methoxy groups -OCH3 is 1. The van der Waals surface area contributed by atoms with Crippen molar-refractivity contribution in [1.29, 1.82) is 0 Å². The van der Waals surface area contributed by atoms with Crippen LogP contribution in [0.2, 0.25) is 5.02 Å². The van der Waals surface area contributed by atoms with E-state index in [1.54, 1.807) is 120 Å². The first kappa shape index (κ1) is 110. The van der Waals surface area contributed by atoms with Crippen molar-refractivity contribution in [2.24, 2.45) is 0 Å². The monoisotopic (exact) mass is 2020 g/mol. The lowest BCUT2D eigenvalue weighted by Gasteiger charge is -2.36. The predicted molar refractivity (Wildman–Crippen MR) is 563 cm³/mol. The molecule has 0 saturated carbocycles. The van der Waals surface area contributed by atoms with E-state index in [9.17, 15) is 71.6 Å². The van der Waals surface area contributed by atoms with Gasteiger partial charge in [0, 0.05) is 104 Å². The number of aryl methyl sites for hydroxylation is 3. The van der Waals surface area contributed by atoms with Crippen LogP contribution >= 0.6 is 11.6 Å². The van der Waals surface area contributed by atoms with Crippen LogP contribution in [-0.4, -0.2) is 212 Å². The molecule has 12 aromatic rings. The van der Waals surface area contributed by atoms with E-state index in [0.717, 1.165) is 110 Å². The number of unbranched alkanes of at least 4 members (excludes halogenated alkanes) is 6. The molecule has 32 heteroatoms. The number of ether oxygens (including phenoxy) is 1. The van der Waals surface area contributed by atoms with Crippen molar-refractivity contribution in [2.45, 2.75) is 216 Å². The van der Waals surface area contributed by atoms with Crippen molar-refractivity contribution >= 4 is 81.8 Å². The van der Waals surface area contributed by atoms with Gasteiger partial charge < -0.3 is 65.4 Å². The second-order valence-electron chi connectivity index (χ2n) is 37.6. The number of halogens is 4. The number of amides is 9. The average Bonchev–Trinajstić information content (AvgIpc) is 1.76. The van der Waals surface area contributed by atoms with E-state index in [1.807, 2.05) is 108 Å². The summed E-state index contributed by atoms with van der Waals surface area (Å²) in [7, 11) is 1.37. The topological polar surface area (TPSA) is 333 Å². The summed E-state index contributed by atoms with van der Waals surface area (Å²) in [6.45, 7) is 22.1. The summed E-state index contributed by atoms with van der Waals surface area (Å²) in [6, 6.07) is 56.5. The Bertz CT molecular complexity index is 6620. The van der Waals surface area contributed by atoms with Crippen molar-refractivity contribution < 1.29 is 76.4 Å². The van der Waals surface area contributed by atoms with Crippen LogP contribution in [-0.2, 0) is 72.5 Å². The fourth-order valence-corrected chi connectivity index (χ4v) is 18.8. The Kier molecular flexibility index (Phi) is 39.3. The van der Waals surface area contributed by atoms with E-state index in [0.29, 0.717) is 140 Å². The zero-order valence-corrected chi connectivity index (χ0v) is 86.1. The van der Waals surface area contributed by atoms with Gasteiger partial charge >= 0.3 is 0 Å². The number of aliphatic hydroxyl groups is 3. The predicted octanol–water partition coefficient (Wildman–Crippen LogP) is 19.0. The number of carbonyl (C=O) groups is 9. The minimum Gasteiger partial charge on any atom is -0.494 e. The molecule has 28 nitrogen and oxygen atoms in total. The molecule has 6 heterocycles. The van der Waals surface area contributed by atoms with Gasteiger partial charge in [0.25, 0.3) is 35.4 Å². The maximum Gasteiger partial charge on any atom is 0.274 e.